The zero-order chi connectivity index (χ0) is 28.3. The number of hydrogen-bond donors (Lipinski definition) is 1. The zero-order valence-corrected chi connectivity index (χ0v) is 22.1. The van der Waals surface area contributed by atoms with E-state index in [4.69, 9.17) is 9.47 Å². The molecule has 1 heterocycles. The average Bonchev–Trinajstić information content (AvgIpc) is 3.44. The Balaban J connectivity index is 2.25. The zero-order valence-electron chi connectivity index (χ0n) is 21.2. The van der Waals surface area contributed by atoms with Gasteiger partial charge in [-0.15, -0.1) is 0 Å². The number of ether oxygens (including phenoxy) is 2. The molecule has 37 heavy (non-hydrogen) atoms. The molecule has 1 fully saturated rings. The van der Waals surface area contributed by atoms with Crippen LogP contribution in [0.2, 0.25) is 0 Å². The highest BCUT2D eigenvalue weighted by Gasteiger charge is 2.72. The van der Waals surface area contributed by atoms with Crippen LogP contribution in [0.1, 0.15) is 60.5 Å². The van der Waals surface area contributed by atoms with Gasteiger partial charge in [-0.05, 0) is 54.9 Å². The van der Waals surface area contributed by atoms with E-state index < -0.39 is 78.5 Å². The number of aliphatic carboxylic acids is 1. The molecule has 3 rings (SSSR count). The van der Waals surface area contributed by atoms with Crippen LogP contribution in [0.15, 0.2) is 17.1 Å². The van der Waals surface area contributed by atoms with Gasteiger partial charge in [-0.1, -0.05) is 11.8 Å². The van der Waals surface area contributed by atoms with Crippen molar-refractivity contribution >= 4 is 40.8 Å². The van der Waals surface area contributed by atoms with Crippen LogP contribution in [-0.2, 0) is 19.8 Å². The molecule has 0 radical (unpaired) electrons. The Bertz CT molecular complexity index is 1200. The van der Waals surface area contributed by atoms with Crippen LogP contribution in [0, 0.1) is 27.7 Å². The fraction of sp³-hybridized carbons (Fsp3) is 0.565. The first-order valence-corrected chi connectivity index (χ1v) is 12.0. The van der Waals surface area contributed by atoms with Gasteiger partial charge in [-0.3, -0.25) is 14.9 Å². The maximum atomic E-state index is 15.1. The van der Waals surface area contributed by atoms with Crippen LogP contribution in [0.3, 0.4) is 0 Å². The number of aliphatic imine (C=N–C) groups is 1. The molecular formula is C23H27F2N3O8S. The summed E-state index contributed by atoms with van der Waals surface area (Å²) in [6.07, 6.45) is -2.57. The van der Waals surface area contributed by atoms with Crippen molar-refractivity contribution in [1.29, 1.82) is 0 Å². The van der Waals surface area contributed by atoms with E-state index in [-0.39, 0.29) is 6.42 Å². The number of benzene rings is 1. The van der Waals surface area contributed by atoms with Crippen LogP contribution in [0.25, 0.3) is 0 Å². The van der Waals surface area contributed by atoms with Crippen LogP contribution in [0.4, 0.5) is 24.1 Å². The fourth-order valence-electron chi connectivity index (χ4n) is 3.99. The van der Waals surface area contributed by atoms with Gasteiger partial charge in [0.2, 0.25) is 0 Å². The van der Waals surface area contributed by atoms with Crippen molar-refractivity contribution in [1.82, 2.24) is 4.90 Å². The number of imide groups is 1. The van der Waals surface area contributed by atoms with Gasteiger partial charge in [-0.25, -0.2) is 23.4 Å². The SMILES string of the molecule is CC(C)(C)OC(=O)N(C(=O)OC(C)(C)C)C1=N[C@](C)(c2cc([N+](=O)[O-])cc(F)c2F)C2C[C@]2(C(=O)O)S1. The van der Waals surface area contributed by atoms with E-state index in [0.717, 1.165) is 6.07 Å². The fourth-order valence-corrected chi connectivity index (χ4v) is 5.50. The first-order valence-electron chi connectivity index (χ1n) is 11.1. The summed E-state index contributed by atoms with van der Waals surface area (Å²) in [5.41, 5.74) is -5.43. The maximum absolute atomic E-state index is 15.1. The molecule has 2 amide bonds. The number of amides is 2. The number of carboxylic acid groups (broad SMARTS) is 1. The van der Waals surface area contributed by atoms with Crippen LogP contribution >= 0.6 is 11.8 Å². The maximum Gasteiger partial charge on any atom is 0.426 e. The molecule has 0 aromatic heterocycles. The number of nitrogens with zero attached hydrogens (tertiary/aromatic N) is 3. The number of nitro groups is 1. The van der Waals surface area contributed by atoms with E-state index in [1.807, 2.05) is 0 Å². The number of fused-ring (bicyclic) bond motifs is 1. The van der Waals surface area contributed by atoms with Crippen molar-refractivity contribution in [2.24, 2.45) is 10.9 Å². The topological polar surface area (TPSA) is 149 Å². The molecule has 14 heteroatoms. The summed E-state index contributed by atoms with van der Waals surface area (Å²) < 4.78 is 38.4. The highest BCUT2D eigenvalue weighted by Crippen LogP contribution is 2.67. The first-order chi connectivity index (χ1) is 16.7. The van der Waals surface area contributed by atoms with Crippen molar-refractivity contribution in [3.8, 4) is 0 Å². The summed E-state index contributed by atoms with van der Waals surface area (Å²) in [6, 6.07) is 1.17. The van der Waals surface area contributed by atoms with Crippen molar-refractivity contribution in [3.63, 3.8) is 0 Å². The molecule has 11 nitrogen and oxygen atoms in total. The molecular weight excluding hydrogens is 516 g/mol. The van der Waals surface area contributed by atoms with E-state index in [0.29, 0.717) is 22.7 Å². The normalized spacial score (nSPS) is 24.9. The highest BCUT2D eigenvalue weighted by molar-refractivity contribution is 8.16. The minimum absolute atomic E-state index is 0.100. The second-order valence-electron chi connectivity index (χ2n) is 10.9. The summed E-state index contributed by atoms with van der Waals surface area (Å²) in [5, 5.41) is 20.9. The number of amidine groups is 1. The molecule has 202 valence electrons. The third-order valence-electron chi connectivity index (χ3n) is 5.66. The molecule has 3 atom stereocenters. The molecule has 1 aliphatic carbocycles. The van der Waals surface area contributed by atoms with E-state index in [1.165, 1.54) is 48.5 Å². The number of thioether (sulfide) groups is 1. The molecule has 1 aromatic rings. The van der Waals surface area contributed by atoms with E-state index >= 15 is 4.39 Å². The predicted octanol–water partition coefficient (Wildman–Crippen LogP) is 5.21. The molecule has 1 aliphatic heterocycles. The molecule has 1 N–H and O–H groups in total. The van der Waals surface area contributed by atoms with Gasteiger partial charge in [0, 0.05) is 17.5 Å². The van der Waals surface area contributed by atoms with Crippen LogP contribution < -0.4 is 0 Å². The van der Waals surface area contributed by atoms with Crippen LogP contribution in [0.5, 0.6) is 0 Å². The number of nitro benzene ring substituents is 1. The van der Waals surface area contributed by atoms with Gasteiger partial charge in [0.1, 0.15) is 15.9 Å². The Morgan fingerprint density at radius 1 is 1.14 bits per heavy atom. The van der Waals surface area contributed by atoms with Crippen molar-refractivity contribution in [3.05, 3.63) is 39.4 Å². The van der Waals surface area contributed by atoms with Gasteiger partial charge >= 0.3 is 18.2 Å². The molecule has 1 saturated carbocycles. The monoisotopic (exact) mass is 543 g/mol. The molecule has 0 spiro atoms. The average molecular weight is 544 g/mol. The lowest BCUT2D eigenvalue weighted by atomic mass is 9.85. The largest absolute Gasteiger partial charge is 0.480 e. The third-order valence-corrected chi connectivity index (χ3v) is 7.11. The van der Waals surface area contributed by atoms with Crippen molar-refractivity contribution < 1.29 is 42.7 Å². The minimum atomic E-state index is -1.90. The number of rotatable bonds is 3. The highest BCUT2D eigenvalue weighted by atomic mass is 32.2. The molecule has 1 unspecified atom stereocenters. The minimum Gasteiger partial charge on any atom is -0.480 e. The summed E-state index contributed by atoms with van der Waals surface area (Å²) in [4.78, 5) is 53.8. The molecule has 0 bridgehead atoms. The van der Waals surface area contributed by atoms with E-state index in [2.05, 4.69) is 4.99 Å². The first kappa shape index (κ1) is 28.3. The number of carboxylic acids is 1. The van der Waals surface area contributed by atoms with Crippen molar-refractivity contribution in [2.45, 2.75) is 76.4 Å². The number of carbonyl (C=O) groups excluding carboxylic acids is 2. The number of halogens is 2. The Labute approximate surface area is 215 Å². The number of hydrogen-bond acceptors (Lipinski definition) is 9. The quantitative estimate of drug-likeness (QED) is 0.401. The predicted molar refractivity (Wildman–Crippen MR) is 128 cm³/mol. The molecule has 0 saturated heterocycles. The van der Waals surface area contributed by atoms with E-state index in [9.17, 15) is 34.0 Å². The Hall–Kier alpha value is -3.29. The Kier molecular flexibility index (Phi) is 6.82. The third kappa shape index (κ3) is 5.38. The molecule has 2 aliphatic rings. The smallest absolute Gasteiger partial charge is 0.426 e. The van der Waals surface area contributed by atoms with Crippen molar-refractivity contribution in [2.75, 3.05) is 0 Å². The van der Waals surface area contributed by atoms with Gasteiger partial charge in [-0.2, -0.15) is 4.90 Å². The van der Waals surface area contributed by atoms with Crippen LogP contribution in [-0.4, -0.2) is 54.2 Å². The van der Waals surface area contributed by atoms with Gasteiger partial charge in [0.25, 0.3) is 5.69 Å². The lowest BCUT2D eigenvalue weighted by Crippen LogP contribution is -2.50. The number of carbonyl (C=O) groups is 3. The lowest BCUT2D eigenvalue weighted by Gasteiger charge is -2.36. The Morgan fingerprint density at radius 2 is 1.65 bits per heavy atom. The summed E-state index contributed by atoms with van der Waals surface area (Å²) in [7, 11) is 0. The summed E-state index contributed by atoms with van der Waals surface area (Å²) >= 11 is 0.575. The second kappa shape index (κ2) is 8.92. The van der Waals surface area contributed by atoms with E-state index in [1.54, 1.807) is 0 Å². The standard InChI is InChI=1S/C23H27F2N3O8S/c1-20(2,3)35-18(31)27(19(32)36-21(4,5)6)17-26-22(7,14-10-23(14,37-17)16(29)30)12-8-11(28(33)34)9-13(24)15(12)25/h8-9,14H,10H2,1-7H3,(H,29,30)/t14?,22-,23+/m1/s1. The molecule has 1 aromatic carbocycles. The Morgan fingerprint density at radius 3 is 2.08 bits per heavy atom. The van der Waals surface area contributed by atoms with Gasteiger partial charge in [0.15, 0.2) is 16.8 Å². The van der Waals surface area contributed by atoms with Gasteiger partial charge in [0.05, 0.1) is 16.5 Å². The summed E-state index contributed by atoms with van der Waals surface area (Å²) in [6.45, 7) is 10.5. The lowest BCUT2D eigenvalue weighted by molar-refractivity contribution is -0.385. The number of non-ortho nitro benzene ring substituents is 1. The second-order valence-corrected chi connectivity index (χ2v) is 12.2. The van der Waals surface area contributed by atoms with Gasteiger partial charge < -0.3 is 14.6 Å². The summed E-state index contributed by atoms with van der Waals surface area (Å²) in [5.74, 6) is -5.28.